The molecular weight excluding hydrogens is 305 g/mol. The fraction of sp³-hybridized carbons (Fsp3) is 0.0833. The van der Waals surface area contributed by atoms with Gasteiger partial charge in [0.2, 0.25) is 0 Å². The summed E-state index contributed by atoms with van der Waals surface area (Å²) in [6.07, 6.45) is 0. The van der Waals surface area contributed by atoms with Gasteiger partial charge in [0.15, 0.2) is 0 Å². The Bertz CT molecular complexity index is 750. The zero-order valence-electron chi connectivity index (χ0n) is 10.3. The van der Waals surface area contributed by atoms with Gasteiger partial charge in [-0.3, -0.25) is 4.72 Å². The maximum atomic E-state index is 12.8. The number of thiophene rings is 1. The molecule has 0 aliphatic carbocycles. The van der Waals surface area contributed by atoms with Crippen molar-refractivity contribution in [3.63, 3.8) is 0 Å². The lowest BCUT2D eigenvalue weighted by molar-refractivity contribution is 0.0703. The fourth-order valence-electron chi connectivity index (χ4n) is 1.54. The van der Waals surface area contributed by atoms with Gasteiger partial charge < -0.3 is 5.11 Å². The number of rotatable bonds is 4. The third-order valence-electron chi connectivity index (χ3n) is 2.53. The lowest BCUT2D eigenvalue weighted by Crippen LogP contribution is -2.15. The molecule has 0 aliphatic heterocycles. The minimum Gasteiger partial charge on any atom is -0.477 e. The Morgan fingerprint density at radius 3 is 2.45 bits per heavy atom. The van der Waals surface area contributed by atoms with Crippen molar-refractivity contribution in [2.24, 2.45) is 0 Å². The van der Waals surface area contributed by atoms with Crippen molar-refractivity contribution >= 4 is 33.0 Å². The van der Waals surface area contributed by atoms with Gasteiger partial charge in [0.25, 0.3) is 10.0 Å². The van der Waals surface area contributed by atoms with Crippen molar-refractivity contribution in [1.29, 1.82) is 0 Å². The topological polar surface area (TPSA) is 83.5 Å². The normalized spacial score (nSPS) is 11.3. The zero-order chi connectivity index (χ0) is 14.9. The number of aryl methyl sites for hydroxylation is 1. The van der Waals surface area contributed by atoms with E-state index in [4.69, 9.17) is 5.11 Å². The van der Waals surface area contributed by atoms with Crippen LogP contribution in [0.25, 0.3) is 0 Å². The van der Waals surface area contributed by atoms with Crippen LogP contribution in [0, 0.1) is 12.7 Å². The van der Waals surface area contributed by atoms with Gasteiger partial charge in [-0.1, -0.05) is 0 Å². The van der Waals surface area contributed by atoms with E-state index in [9.17, 15) is 17.6 Å². The average Bonchev–Trinajstić information content (AvgIpc) is 2.71. The molecule has 0 unspecified atom stereocenters. The van der Waals surface area contributed by atoms with Crippen LogP contribution in [-0.2, 0) is 10.0 Å². The molecule has 20 heavy (non-hydrogen) atoms. The molecule has 0 aliphatic rings. The zero-order valence-corrected chi connectivity index (χ0v) is 11.9. The van der Waals surface area contributed by atoms with Gasteiger partial charge in [-0.05, 0) is 42.1 Å². The van der Waals surface area contributed by atoms with Gasteiger partial charge in [0.05, 0.1) is 10.6 Å². The Morgan fingerprint density at radius 2 is 1.90 bits per heavy atom. The monoisotopic (exact) mass is 315 g/mol. The second kappa shape index (κ2) is 5.22. The van der Waals surface area contributed by atoms with Crippen LogP contribution in [-0.4, -0.2) is 19.5 Å². The molecule has 106 valence electrons. The van der Waals surface area contributed by atoms with Crippen LogP contribution >= 0.6 is 11.3 Å². The maximum absolute atomic E-state index is 12.8. The van der Waals surface area contributed by atoms with E-state index >= 15 is 0 Å². The van der Waals surface area contributed by atoms with Crippen molar-refractivity contribution in [3.05, 3.63) is 45.9 Å². The van der Waals surface area contributed by atoms with Gasteiger partial charge in [-0.25, -0.2) is 17.6 Å². The molecule has 0 atom stereocenters. The smallest absolute Gasteiger partial charge is 0.348 e. The summed E-state index contributed by atoms with van der Waals surface area (Å²) in [5, 5.41) is 10.6. The summed E-state index contributed by atoms with van der Waals surface area (Å²) in [6, 6.07) is 4.26. The van der Waals surface area contributed by atoms with E-state index < -0.39 is 21.8 Å². The molecule has 2 rings (SSSR count). The van der Waals surface area contributed by atoms with E-state index in [0.29, 0.717) is 5.56 Å². The number of hydrogen-bond acceptors (Lipinski definition) is 4. The van der Waals surface area contributed by atoms with Crippen molar-refractivity contribution in [2.75, 3.05) is 4.72 Å². The summed E-state index contributed by atoms with van der Waals surface area (Å²) in [5.74, 6) is -1.76. The lowest BCUT2D eigenvalue weighted by Gasteiger charge is -2.09. The Morgan fingerprint density at radius 1 is 1.30 bits per heavy atom. The number of hydrogen-bond donors (Lipinski definition) is 2. The van der Waals surface area contributed by atoms with Gasteiger partial charge in [-0.2, -0.15) is 0 Å². The maximum Gasteiger partial charge on any atom is 0.348 e. The average molecular weight is 315 g/mol. The molecule has 0 amide bonds. The van der Waals surface area contributed by atoms with Gasteiger partial charge in [0, 0.05) is 0 Å². The van der Waals surface area contributed by atoms with Crippen molar-refractivity contribution in [2.45, 2.75) is 11.8 Å². The molecule has 1 aromatic carbocycles. The third-order valence-corrected chi connectivity index (χ3v) is 4.98. The van der Waals surface area contributed by atoms with Crippen LogP contribution in [0.5, 0.6) is 0 Å². The molecule has 2 aromatic rings. The first kappa shape index (κ1) is 14.5. The second-order valence-corrected chi connectivity index (χ2v) is 6.55. The van der Waals surface area contributed by atoms with Gasteiger partial charge in [0.1, 0.15) is 10.7 Å². The number of aromatic carboxylic acids is 1. The number of nitrogens with one attached hydrogen (secondary N) is 1. The molecular formula is C12H10FNO4S2. The van der Waals surface area contributed by atoms with Crippen molar-refractivity contribution in [3.8, 4) is 0 Å². The molecule has 0 radical (unpaired) electrons. The predicted molar refractivity (Wildman–Crippen MR) is 73.2 cm³/mol. The summed E-state index contributed by atoms with van der Waals surface area (Å²) >= 11 is 0.936. The Balaban J connectivity index is 2.41. The lowest BCUT2D eigenvalue weighted by atomic mass is 10.3. The van der Waals surface area contributed by atoms with Gasteiger partial charge in [-0.15, -0.1) is 11.3 Å². The van der Waals surface area contributed by atoms with E-state index in [1.165, 1.54) is 0 Å². The number of sulfonamides is 1. The molecule has 0 fully saturated rings. The van der Waals surface area contributed by atoms with E-state index in [2.05, 4.69) is 4.72 Å². The van der Waals surface area contributed by atoms with Crippen LogP contribution in [0.3, 0.4) is 0 Å². The molecule has 1 heterocycles. The fourth-order valence-corrected chi connectivity index (χ4v) is 3.59. The quantitative estimate of drug-likeness (QED) is 0.908. The minimum absolute atomic E-state index is 0.0341. The predicted octanol–water partition coefficient (Wildman–Crippen LogP) is 2.69. The highest BCUT2D eigenvalue weighted by atomic mass is 32.2. The molecule has 8 heteroatoms. The largest absolute Gasteiger partial charge is 0.477 e. The van der Waals surface area contributed by atoms with E-state index in [1.807, 2.05) is 0 Å². The first-order valence-electron chi connectivity index (χ1n) is 5.41. The highest BCUT2D eigenvalue weighted by Crippen LogP contribution is 2.29. The molecule has 2 N–H and O–H groups in total. The number of carboxylic acid groups (broad SMARTS) is 1. The van der Waals surface area contributed by atoms with E-state index in [0.717, 1.165) is 35.6 Å². The second-order valence-electron chi connectivity index (χ2n) is 3.99. The molecule has 0 bridgehead atoms. The minimum atomic E-state index is -3.95. The van der Waals surface area contributed by atoms with Gasteiger partial charge >= 0.3 is 5.97 Å². The highest BCUT2D eigenvalue weighted by molar-refractivity contribution is 7.92. The van der Waals surface area contributed by atoms with Crippen LogP contribution in [0.15, 0.2) is 34.5 Å². The first-order chi connectivity index (χ1) is 9.31. The summed E-state index contributed by atoms with van der Waals surface area (Å²) in [7, 11) is -3.95. The molecule has 0 saturated carbocycles. The first-order valence-corrected chi connectivity index (χ1v) is 7.77. The summed E-state index contributed by atoms with van der Waals surface area (Å²) in [6.45, 7) is 1.60. The molecule has 5 nitrogen and oxygen atoms in total. The van der Waals surface area contributed by atoms with Crippen LogP contribution in [0.2, 0.25) is 0 Å². The number of carbonyl (C=O) groups is 1. The van der Waals surface area contributed by atoms with Crippen molar-refractivity contribution in [1.82, 2.24) is 0 Å². The number of carboxylic acids is 1. The summed E-state index contributed by atoms with van der Waals surface area (Å²) < 4.78 is 39.3. The summed E-state index contributed by atoms with van der Waals surface area (Å²) in [4.78, 5) is 10.8. The highest BCUT2D eigenvalue weighted by Gasteiger charge is 2.21. The number of halogens is 1. The Labute approximate surface area is 118 Å². The Hall–Kier alpha value is -1.93. The van der Waals surface area contributed by atoms with Crippen molar-refractivity contribution < 1.29 is 22.7 Å². The SMILES string of the molecule is Cc1csc(C(=O)O)c1NS(=O)(=O)c1ccc(F)cc1. The number of benzene rings is 1. The van der Waals surface area contributed by atoms with E-state index in [1.54, 1.807) is 12.3 Å². The summed E-state index contributed by atoms with van der Waals surface area (Å²) in [5.41, 5.74) is 0.546. The van der Waals surface area contributed by atoms with Crippen LogP contribution in [0.4, 0.5) is 10.1 Å². The standard InChI is InChI=1S/C12H10FNO4S2/c1-7-6-19-11(12(15)16)10(7)14-20(17,18)9-4-2-8(13)3-5-9/h2-6,14H,1H3,(H,15,16). The number of anilines is 1. The van der Waals surface area contributed by atoms with E-state index in [-0.39, 0.29) is 15.5 Å². The Kier molecular flexibility index (Phi) is 3.78. The van der Waals surface area contributed by atoms with Crippen LogP contribution < -0.4 is 4.72 Å². The third kappa shape index (κ3) is 2.81. The molecule has 1 aromatic heterocycles. The van der Waals surface area contributed by atoms with Crippen LogP contribution in [0.1, 0.15) is 15.2 Å². The molecule has 0 saturated heterocycles. The molecule has 0 spiro atoms.